The number of halogens is 3. The van der Waals surface area contributed by atoms with Crippen molar-refractivity contribution in [3.63, 3.8) is 0 Å². The Labute approximate surface area is 255 Å². The average Bonchev–Trinajstić information content (AvgIpc) is 3.42. The number of amides is 1. The lowest BCUT2D eigenvalue weighted by molar-refractivity contribution is -0.707. The van der Waals surface area contributed by atoms with Gasteiger partial charge in [-0.15, -0.1) is 5.01 Å². The van der Waals surface area contributed by atoms with Gasteiger partial charge in [0.25, 0.3) is 16.3 Å². The van der Waals surface area contributed by atoms with Gasteiger partial charge in [0, 0.05) is 12.5 Å². The molecule has 1 atom stereocenters. The van der Waals surface area contributed by atoms with Crippen LogP contribution < -0.4 is 4.72 Å². The second-order valence-corrected chi connectivity index (χ2v) is 10.8. The van der Waals surface area contributed by atoms with Gasteiger partial charge in [-0.1, -0.05) is 29.8 Å². The lowest BCUT2D eigenvalue weighted by atomic mass is 10.1. The summed E-state index contributed by atoms with van der Waals surface area (Å²) < 4.78 is 82.5. The normalized spacial score (nSPS) is 12.6. The van der Waals surface area contributed by atoms with Crippen LogP contribution >= 0.6 is 0 Å². The van der Waals surface area contributed by atoms with Crippen molar-refractivity contribution < 1.29 is 55.2 Å². The predicted octanol–water partition coefficient (Wildman–Crippen LogP) is 4.54. The Balaban J connectivity index is 1.61. The molecule has 3 aromatic rings. The summed E-state index contributed by atoms with van der Waals surface area (Å²) in [6, 6.07) is 12.2. The fourth-order valence-electron chi connectivity index (χ4n) is 3.44. The first-order valence-corrected chi connectivity index (χ1v) is 14.5. The Morgan fingerprint density at radius 1 is 1.13 bits per heavy atom. The summed E-state index contributed by atoms with van der Waals surface area (Å²) in [6.45, 7) is 4.02. The number of aromatic nitrogens is 2. The number of carbonyl (C=O) groups excluding carboxylic acids is 2. The Morgan fingerprint density at radius 2 is 1.78 bits per heavy atom. The summed E-state index contributed by atoms with van der Waals surface area (Å²) in [7, 11) is -3.21. The molecule has 244 valence electrons. The molecule has 1 heterocycles. The van der Waals surface area contributed by atoms with Crippen molar-refractivity contribution >= 4 is 22.3 Å². The van der Waals surface area contributed by atoms with Crippen molar-refractivity contribution in [1.29, 1.82) is 0 Å². The molecule has 0 radical (unpaired) electrons. The van der Waals surface area contributed by atoms with Gasteiger partial charge in [0.15, 0.2) is 5.69 Å². The van der Waals surface area contributed by atoms with E-state index in [1.807, 2.05) is 6.92 Å². The third-order valence-corrected chi connectivity index (χ3v) is 7.01. The van der Waals surface area contributed by atoms with Crippen LogP contribution in [0.4, 0.5) is 22.8 Å². The van der Waals surface area contributed by atoms with E-state index in [9.17, 15) is 36.4 Å². The molecule has 45 heavy (non-hydrogen) atoms. The van der Waals surface area contributed by atoms with Gasteiger partial charge in [0.2, 0.25) is 5.28 Å². The quantitative estimate of drug-likeness (QED) is 0.0950. The van der Waals surface area contributed by atoms with Gasteiger partial charge in [0.1, 0.15) is 13.2 Å². The van der Waals surface area contributed by atoms with Gasteiger partial charge in [0.05, 0.1) is 34.9 Å². The smallest absolute Gasteiger partial charge is 0.511 e. The summed E-state index contributed by atoms with van der Waals surface area (Å²) in [6.07, 6.45) is -8.36. The number of hydrazine groups is 1. The van der Waals surface area contributed by atoms with Gasteiger partial charge in [-0.05, 0) is 44.2 Å². The van der Waals surface area contributed by atoms with Crippen molar-refractivity contribution in [2.24, 2.45) is 5.28 Å². The highest BCUT2D eigenvalue weighted by atomic mass is 32.2. The molecule has 1 aromatic heterocycles. The lowest BCUT2D eigenvalue weighted by Crippen LogP contribution is -2.35. The Bertz CT molecular complexity index is 1610. The van der Waals surface area contributed by atoms with Gasteiger partial charge in [-0.3, -0.25) is 4.84 Å². The van der Waals surface area contributed by atoms with E-state index in [0.717, 1.165) is 33.5 Å². The number of ether oxygens (including phenoxy) is 3. The zero-order valence-corrected chi connectivity index (χ0v) is 25.2. The van der Waals surface area contributed by atoms with E-state index < -0.39 is 47.0 Å². The van der Waals surface area contributed by atoms with Gasteiger partial charge in [-0.25, -0.2) is 27.4 Å². The number of alkyl halides is 3. The highest BCUT2D eigenvalue weighted by Gasteiger charge is 2.35. The first-order valence-electron chi connectivity index (χ1n) is 13.0. The number of hydrogen-bond donors (Lipinski definition) is 1. The number of nitrogens with zero attached hydrogens (tertiary/aromatic N) is 5. The first kappa shape index (κ1) is 34.4. The third-order valence-electron chi connectivity index (χ3n) is 5.69. The molecule has 2 aromatic carbocycles. The molecule has 0 bridgehead atoms. The average molecular weight is 659 g/mol. The molecule has 19 heteroatoms. The summed E-state index contributed by atoms with van der Waals surface area (Å²) >= 11 is 0. The van der Waals surface area contributed by atoms with Crippen molar-refractivity contribution in [2.75, 3.05) is 26.8 Å². The number of sulfonamides is 1. The second-order valence-electron chi connectivity index (χ2n) is 9.12. The lowest BCUT2D eigenvalue weighted by Gasteiger charge is -2.14. The number of rotatable bonds is 12. The molecule has 3 rings (SSSR count). The molecule has 0 aliphatic rings. The van der Waals surface area contributed by atoms with Crippen molar-refractivity contribution in [3.8, 4) is 16.9 Å². The molecular weight excluding hydrogens is 629 g/mol. The molecule has 15 nitrogen and oxygen atoms in total. The van der Waals surface area contributed by atoms with Crippen LogP contribution in [0.2, 0.25) is 0 Å². The summed E-state index contributed by atoms with van der Waals surface area (Å²) in [5, 5.41) is 19.6. The van der Waals surface area contributed by atoms with E-state index in [0.29, 0.717) is 5.56 Å². The van der Waals surface area contributed by atoms with Gasteiger partial charge >= 0.3 is 18.4 Å². The van der Waals surface area contributed by atoms with Gasteiger partial charge < -0.3 is 19.4 Å². The number of hydrogen-bond acceptors (Lipinski definition) is 11. The number of benzene rings is 2. The van der Waals surface area contributed by atoms with E-state index in [1.54, 1.807) is 35.9 Å². The summed E-state index contributed by atoms with van der Waals surface area (Å²) in [5.41, 5.74) is 0.470. The Kier molecular flexibility index (Phi) is 11.2. The molecule has 1 N–H and O–H groups in total. The van der Waals surface area contributed by atoms with E-state index in [-0.39, 0.29) is 34.4 Å². The zero-order valence-electron chi connectivity index (χ0n) is 24.3. The van der Waals surface area contributed by atoms with Crippen molar-refractivity contribution in [2.45, 2.75) is 38.1 Å². The fourth-order valence-corrected chi connectivity index (χ4v) is 4.34. The number of carbonyl (C=O) groups is 2. The largest absolute Gasteiger partial charge is 0.569 e. The molecule has 0 fully saturated rings. The van der Waals surface area contributed by atoms with Crippen LogP contribution in [0.3, 0.4) is 0 Å². The van der Waals surface area contributed by atoms with E-state index >= 15 is 0 Å². The van der Waals surface area contributed by atoms with Crippen molar-refractivity contribution in [1.82, 2.24) is 19.5 Å². The fraction of sp³-hybridized carbons (Fsp3) is 0.346. The minimum Gasteiger partial charge on any atom is -0.569 e. The highest BCUT2D eigenvalue weighted by molar-refractivity contribution is 7.90. The summed E-state index contributed by atoms with van der Waals surface area (Å²) in [5.74, 6) is 0. The summed E-state index contributed by atoms with van der Waals surface area (Å²) in [4.78, 5) is 27.6. The monoisotopic (exact) mass is 658 g/mol. The molecule has 0 aliphatic carbocycles. The van der Waals surface area contributed by atoms with E-state index in [4.69, 9.17) is 4.74 Å². The predicted molar refractivity (Wildman–Crippen MR) is 148 cm³/mol. The molecule has 1 amide bonds. The molecule has 0 spiro atoms. The van der Waals surface area contributed by atoms with Crippen LogP contribution in [0, 0.1) is 12.1 Å². The minimum absolute atomic E-state index is 0.0356. The van der Waals surface area contributed by atoms with Crippen molar-refractivity contribution in [3.05, 3.63) is 71.1 Å². The maximum Gasteiger partial charge on any atom is 0.511 e. The highest BCUT2D eigenvalue weighted by Crippen LogP contribution is 2.33. The Hall–Kier alpha value is -5.07. The van der Waals surface area contributed by atoms with Crippen LogP contribution in [0.25, 0.3) is 16.9 Å². The molecule has 0 saturated carbocycles. The van der Waals surface area contributed by atoms with Crippen LogP contribution in [0.5, 0.6) is 0 Å². The van der Waals surface area contributed by atoms with Crippen LogP contribution in [0.1, 0.15) is 25.1 Å². The third kappa shape index (κ3) is 9.71. The number of likely N-dealkylation sites (N-methyl/N-ethyl adjacent to an activating group) is 1. The SMILES string of the molecule is CCOC(=O)OC(C)O/N=[N+](\[O-])N(C)CCOC(=O)NS(=O)(=O)c1ccc(-n2nc(C(F)(F)F)cc2-c2ccc(C)cc2)cc1. The maximum atomic E-state index is 13.5. The first-order chi connectivity index (χ1) is 21.1. The zero-order chi connectivity index (χ0) is 33.4. The van der Waals surface area contributed by atoms with Crippen LogP contribution in [-0.2, 0) is 35.2 Å². The molecule has 0 aliphatic heterocycles. The van der Waals surface area contributed by atoms with Crippen LogP contribution in [-0.4, -0.2) is 73.5 Å². The second kappa shape index (κ2) is 14.6. The number of nitrogens with one attached hydrogen (secondary N) is 1. The minimum atomic E-state index is -4.72. The van der Waals surface area contributed by atoms with E-state index in [2.05, 4.69) is 24.7 Å². The standard InChI is InChI=1S/C26H29F3N6O9S/c1-5-41-25(37)43-18(3)44-32-35(38)33(4)14-15-42-24(36)31-45(39,40)21-12-10-20(11-13-21)34-22(16-23(30-34)26(27,28)29)19-8-6-17(2)7-9-19/h6-13,16,18H,5,14-15H2,1-4H3,(H,31,36)/b35-32-. The molecular formula is C26H29F3N6O9S. The molecule has 1 unspecified atom stereocenters. The van der Waals surface area contributed by atoms with E-state index in [1.165, 1.54) is 26.1 Å². The maximum absolute atomic E-state index is 13.5. The Morgan fingerprint density at radius 3 is 2.38 bits per heavy atom. The number of aryl methyl sites for hydroxylation is 1. The van der Waals surface area contributed by atoms with Crippen LogP contribution in [0.15, 0.2) is 64.8 Å². The molecule has 0 saturated heterocycles. The van der Waals surface area contributed by atoms with Gasteiger partial charge in [-0.2, -0.15) is 18.3 Å². The topological polar surface area (TPSA) is 177 Å².